The molecule has 5 nitrogen and oxygen atoms in total. The number of thioether (sulfide) groups is 1. The number of rotatable bonds is 4. The summed E-state index contributed by atoms with van der Waals surface area (Å²) in [5.74, 6) is -2.38. The van der Waals surface area contributed by atoms with Crippen LogP contribution < -0.4 is 34.7 Å². The molecule has 26 heavy (non-hydrogen) atoms. The van der Waals surface area contributed by atoms with E-state index in [1.54, 1.807) is 18.3 Å². The molecule has 3 heterocycles. The Labute approximate surface area is 181 Å². The number of aliphatic carboxylic acids is 1. The second kappa shape index (κ2) is 7.30. The molecule has 0 aliphatic carbocycles. The van der Waals surface area contributed by atoms with E-state index in [-0.39, 0.29) is 53.1 Å². The van der Waals surface area contributed by atoms with E-state index in [1.807, 2.05) is 37.3 Å². The molecule has 4 rings (SSSR count). The number of carbonyl (C=O) groups is 2. The number of carboxylic acids is 1. The molecule has 2 aliphatic rings. The van der Waals surface area contributed by atoms with Crippen molar-refractivity contribution in [2.24, 2.45) is 11.8 Å². The number of hydrogen-bond donors (Lipinski definition) is 1. The van der Waals surface area contributed by atoms with Gasteiger partial charge in [-0.15, -0.1) is 11.3 Å². The predicted molar refractivity (Wildman–Crippen MR) is 94.7 cm³/mol. The van der Waals surface area contributed by atoms with E-state index >= 15 is 0 Å². The summed E-state index contributed by atoms with van der Waals surface area (Å²) in [5.41, 5.74) is -0.0399. The van der Waals surface area contributed by atoms with Crippen LogP contribution in [0.2, 0.25) is 0 Å². The third kappa shape index (κ3) is 2.95. The number of thiophene rings is 1. The Morgan fingerprint density at radius 2 is 2.08 bits per heavy atom. The molecule has 130 valence electrons. The molecule has 2 aromatic rings. The Morgan fingerprint density at radius 3 is 2.69 bits per heavy atom. The number of fused-ring (bicyclic) bond motifs is 2. The van der Waals surface area contributed by atoms with Gasteiger partial charge in [0.1, 0.15) is 0 Å². The number of hydrogen-bond acceptors (Lipinski definition) is 6. The largest absolute Gasteiger partial charge is 1.00 e. The topological polar surface area (TPSA) is 80.7 Å². The molecular formula is C18H16NNaO4S2. The standard InChI is InChI=1S/C18H17NO4S2.Na/c1-8-14-13(9(2)20)17(21)19(14)15(18(22)23)16(8)25-12-7-10-5-3-4-6-11(10)24-12;/h3-9,13-14,20H,1-2H3,(H,22,23);/q;+1/p-1/t8-,9-,13-,14-;/m1./s1. The average molecular weight is 397 g/mol. The maximum atomic E-state index is 12.3. The van der Waals surface area contributed by atoms with E-state index in [0.717, 1.165) is 14.3 Å². The molecule has 0 radical (unpaired) electrons. The first kappa shape index (κ1) is 19.9. The summed E-state index contributed by atoms with van der Waals surface area (Å²) >= 11 is 2.98. The summed E-state index contributed by atoms with van der Waals surface area (Å²) in [6.07, 6.45) is -0.798. The maximum absolute atomic E-state index is 12.3. The number of benzene rings is 1. The Bertz CT molecular complexity index is 890. The van der Waals surface area contributed by atoms with Gasteiger partial charge < -0.3 is 19.9 Å². The first-order chi connectivity index (χ1) is 11.9. The van der Waals surface area contributed by atoms with Gasteiger partial charge in [0.2, 0.25) is 5.91 Å². The van der Waals surface area contributed by atoms with E-state index in [4.69, 9.17) is 0 Å². The third-order valence-electron chi connectivity index (χ3n) is 4.92. The molecule has 0 bridgehead atoms. The Balaban J connectivity index is 0.00000196. The van der Waals surface area contributed by atoms with Gasteiger partial charge in [0.15, 0.2) is 0 Å². The van der Waals surface area contributed by atoms with Gasteiger partial charge in [-0.25, -0.2) is 0 Å². The fourth-order valence-corrected chi connectivity index (χ4v) is 6.27. The molecule has 4 atom stereocenters. The second-order valence-corrected chi connectivity index (χ2v) is 8.89. The number of aliphatic hydroxyl groups is 1. The molecular weight excluding hydrogens is 381 g/mol. The van der Waals surface area contributed by atoms with E-state index in [1.165, 1.54) is 16.7 Å². The van der Waals surface area contributed by atoms with Gasteiger partial charge in [0.25, 0.3) is 0 Å². The fraction of sp³-hybridized carbons (Fsp3) is 0.333. The normalized spacial score (nSPS) is 25.7. The maximum Gasteiger partial charge on any atom is 1.00 e. The molecule has 1 saturated heterocycles. The van der Waals surface area contributed by atoms with Crippen LogP contribution in [0.5, 0.6) is 0 Å². The Hall–Kier alpha value is -0.830. The molecule has 0 saturated carbocycles. The van der Waals surface area contributed by atoms with Gasteiger partial charge in [0.05, 0.1) is 33.9 Å². The summed E-state index contributed by atoms with van der Waals surface area (Å²) in [5, 5.41) is 22.7. The van der Waals surface area contributed by atoms with Crippen molar-refractivity contribution < 1.29 is 49.4 Å². The van der Waals surface area contributed by atoms with Crippen molar-refractivity contribution in [2.45, 2.75) is 30.2 Å². The van der Waals surface area contributed by atoms with Gasteiger partial charge in [-0.3, -0.25) is 4.79 Å². The minimum Gasteiger partial charge on any atom is -0.543 e. The van der Waals surface area contributed by atoms with Crippen LogP contribution in [0.25, 0.3) is 10.1 Å². The van der Waals surface area contributed by atoms with Crippen LogP contribution in [-0.4, -0.2) is 34.0 Å². The van der Waals surface area contributed by atoms with Gasteiger partial charge >= 0.3 is 29.6 Å². The number of carbonyl (C=O) groups excluding carboxylic acids is 2. The number of nitrogens with zero attached hydrogens (tertiary/aromatic N) is 1. The van der Waals surface area contributed by atoms with Gasteiger partial charge in [-0.05, 0) is 24.4 Å². The minimum absolute atomic E-state index is 0. The zero-order valence-corrected chi connectivity index (χ0v) is 18.3. The van der Waals surface area contributed by atoms with Crippen molar-refractivity contribution in [1.82, 2.24) is 4.90 Å². The molecule has 1 fully saturated rings. The predicted octanol–water partition coefficient (Wildman–Crippen LogP) is -1.18. The van der Waals surface area contributed by atoms with Crippen LogP contribution in [0.3, 0.4) is 0 Å². The number of amides is 1. The quantitative estimate of drug-likeness (QED) is 0.519. The van der Waals surface area contributed by atoms with Crippen molar-refractivity contribution in [3.63, 3.8) is 0 Å². The molecule has 1 aromatic carbocycles. The van der Waals surface area contributed by atoms with Crippen molar-refractivity contribution in [3.8, 4) is 0 Å². The Kier molecular flexibility index (Phi) is 5.59. The summed E-state index contributed by atoms with van der Waals surface area (Å²) in [6, 6.07) is 9.69. The Morgan fingerprint density at radius 1 is 1.38 bits per heavy atom. The van der Waals surface area contributed by atoms with Crippen LogP contribution in [-0.2, 0) is 9.59 Å². The first-order valence-corrected chi connectivity index (χ1v) is 9.66. The minimum atomic E-state index is -1.34. The first-order valence-electron chi connectivity index (χ1n) is 8.03. The summed E-state index contributed by atoms with van der Waals surface area (Å²) < 4.78 is 2.11. The smallest absolute Gasteiger partial charge is 0.543 e. The third-order valence-corrected chi connectivity index (χ3v) is 7.43. The van der Waals surface area contributed by atoms with E-state index in [2.05, 4.69) is 0 Å². The van der Waals surface area contributed by atoms with Crippen molar-refractivity contribution in [2.75, 3.05) is 0 Å². The van der Waals surface area contributed by atoms with E-state index in [9.17, 15) is 19.8 Å². The second-order valence-electron chi connectivity index (χ2n) is 6.46. The molecule has 0 spiro atoms. The number of aliphatic hydroxyl groups excluding tert-OH is 1. The van der Waals surface area contributed by atoms with Crippen molar-refractivity contribution in [1.29, 1.82) is 0 Å². The van der Waals surface area contributed by atoms with Gasteiger partial charge in [-0.2, -0.15) is 0 Å². The van der Waals surface area contributed by atoms with Crippen LogP contribution in [0.15, 0.2) is 45.1 Å². The van der Waals surface area contributed by atoms with E-state index < -0.39 is 18.0 Å². The monoisotopic (exact) mass is 397 g/mol. The molecule has 2 aliphatic heterocycles. The van der Waals surface area contributed by atoms with Crippen molar-refractivity contribution >= 4 is 45.1 Å². The van der Waals surface area contributed by atoms with Crippen LogP contribution in [0, 0.1) is 11.8 Å². The summed E-state index contributed by atoms with van der Waals surface area (Å²) in [7, 11) is 0. The molecule has 1 N–H and O–H groups in total. The molecule has 0 unspecified atom stereocenters. The van der Waals surface area contributed by atoms with Gasteiger partial charge in [0, 0.05) is 15.5 Å². The SMILES string of the molecule is C[C@@H](O)[C@H]1C(=O)N2C(C(=O)[O-])=C(Sc3cc4ccccc4s3)[C@H](C)[C@H]12.[Na+]. The van der Waals surface area contributed by atoms with Gasteiger partial charge in [-0.1, -0.05) is 36.9 Å². The average Bonchev–Trinajstić information content (AvgIpc) is 3.05. The number of carboxylic acid groups (broad SMARTS) is 1. The zero-order chi connectivity index (χ0) is 17.9. The number of β-lactam (4-membered cyclic amide) rings is 1. The molecule has 1 aromatic heterocycles. The fourth-order valence-electron chi connectivity index (χ4n) is 3.76. The zero-order valence-electron chi connectivity index (χ0n) is 14.6. The molecule has 8 heteroatoms. The van der Waals surface area contributed by atoms with Crippen molar-refractivity contribution in [3.05, 3.63) is 40.9 Å². The molecule has 1 amide bonds. The summed E-state index contributed by atoms with van der Waals surface area (Å²) in [4.78, 5) is 25.9. The van der Waals surface area contributed by atoms with E-state index in [0.29, 0.717) is 4.91 Å². The van der Waals surface area contributed by atoms with Crippen LogP contribution >= 0.6 is 23.1 Å². The van der Waals surface area contributed by atoms with Crippen LogP contribution in [0.1, 0.15) is 13.8 Å². The summed E-state index contributed by atoms with van der Waals surface area (Å²) in [6.45, 7) is 3.48. The van der Waals surface area contributed by atoms with Crippen LogP contribution in [0.4, 0.5) is 0 Å².